The number of unbranched alkanes of at least 4 members (excludes halogenated alkanes) is 1. The fraction of sp³-hybridized carbons (Fsp3) is 0.450. The first-order chi connectivity index (χ1) is 12.5. The summed E-state index contributed by atoms with van der Waals surface area (Å²) < 4.78 is 5.10. The van der Waals surface area contributed by atoms with Crippen molar-refractivity contribution in [1.82, 2.24) is 9.97 Å². The van der Waals surface area contributed by atoms with Crippen LogP contribution in [0.2, 0.25) is 0 Å². The van der Waals surface area contributed by atoms with Crippen LogP contribution in [0.1, 0.15) is 55.7 Å². The smallest absolute Gasteiger partial charge is 0.333 e. The zero-order chi connectivity index (χ0) is 19.1. The molecule has 26 heavy (non-hydrogen) atoms. The van der Waals surface area contributed by atoms with E-state index < -0.39 is 0 Å². The molecule has 0 atom stereocenters. The van der Waals surface area contributed by atoms with Crippen LogP contribution in [0.15, 0.2) is 24.3 Å². The normalized spacial score (nSPS) is 10.7. The molecule has 0 fully saturated rings. The number of aryl methyl sites for hydroxylation is 1. The minimum Gasteiger partial charge on any atom is -0.462 e. The third-order valence-electron chi connectivity index (χ3n) is 4.15. The zero-order valence-corrected chi connectivity index (χ0v) is 15.8. The van der Waals surface area contributed by atoms with Crippen molar-refractivity contribution >= 4 is 28.5 Å². The third kappa shape index (κ3) is 4.71. The largest absolute Gasteiger partial charge is 0.462 e. The molecule has 6 nitrogen and oxygen atoms in total. The summed E-state index contributed by atoms with van der Waals surface area (Å²) in [6.45, 7) is 7.57. The summed E-state index contributed by atoms with van der Waals surface area (Å²) in [5, 5.41) is 3.12. The standard InChI is InChI=1S/C20H27N3O3/c1-5-6-8-16(24)14-10-11-15-19(18(14)21-4)23-17(22-15)9-7-12-26-20(25)13(2)3/h10-11,21H,2,5-9,12H2,1,3-4H3,(H,22,23). The molecular formula is C20H27N3O3. The average Bonchev–Trinajstić information content (AvgIpc) is 3.04. The molecule has 1 heterocycles. The van der Waals surface area contributed by atoms with E-state index in [0.29, 0.717) is 37.0 Å². The summed E-state index contributed by atoms with van der Waals surface area (Å²) in [5.41, 5.74) is 3.49. The molecule has 1 aromatic heterocycles. The summed E-state index contributed by atoms with van der Waals surface area (Å²) >= 11 is 0. The number of aromatic nitrogens is 2. The molecule has 0 radical (unpaired) electrons. The zero-order valence-electron chi connectivity index (χ0n) is 15.8. The minimum atomic E-state index is -0.373. The molecule has 0 aliphatic carbocycles. The highest BCUT2D eigenvalue weighted by atomic mass is 16.5. The molecule has 6 heteroatoms. The number of ether oxygens (including phenoxy) is 1. The highest BCUT2D eigenvalue weighted by Crippen LogP contribution is 2.27. The van der Waals surface area contributed by atoms with Crippen LogP contribution in [0.3, 0.4) is 0 Å². The van der Waals surface area contributed by atoms with Gasteiger partial charge in [0.2, 0.25) is 0 Å². The van der Waals surface area contributed by atoms with Gasteiger partial charge in [-0.2, -0.15) is 0 Å². The van der Waals surface area contributed by atoms with E-state index in [1.165, 1.54) is 0 Å². The summed E-state index contributed by atoms with van der Waals surface area (Å²) in [7, 11) is 1.80. The highest BCUT2D eigenvalue weighted by molar-refractivity contribution is 6.07. The third-order valence-corrected chi connectivity index (χ3v) is 4.15. The number of carbonyl (C=O) groups excluding carboxylic acids is 2. The van der Waals surface area contributed by atoms with Gasteiger partial charge >= 0.3 is 5.97 Å². The number of anilines is 1. The van der Waals surface area contributed by atoms with E-state index in [2.05, 4.69) is 28.8 Å². The van der Waals surface area contributed by atoms with Crippen molar-refractivity contribution in [1.29, 1.82) is 0 Å². The van der Waals surface area contributed by atoms with Crippen molar-refractivity contribution in [3.05, 3.63) is 35.7 Å². The van der Waals surface area contributed by atoms with Crippen LogP contribution in [0.4, 0.5) is 5.69 Å². The molecule has 0 unspecified atom stereocenters. The van der Waals surface area contributed by atoms with Gasteiger partial charge in [0.05, 0.1) is 17.8 Å². The maximum Gasteiger partial charge on any atom is 0.333 e. The van der Waals surface area contributed by atoms with Crippen molar-refractivity contribution in [3.63, 3.8) is 0 Å². The Morgan fingerprint density at radius 2 is 2.08 bits per heavy atom. The number of fused-ring (bicyclic) bond motifs is 1. The fourth-order valence-electron chi connectivity index (χ4n) is 2.73. The number of nitrogens with one attached hydrogen (secondary N) is 2. The number of carbonyl (C=O) groups is 2. The lowest BCUT2D eigenvalue weighted by molar-refractivity contribution is -0.139. The number of hydrogen-bond acceptors (Lipinski definition) is 5. The van der Waals surface area contributed by atoms with E-state index >= 15 is 0 Å². The van der Waals surface area contributed by atoms with Gasteiger partial charge < -0.3 is 15.0 Å². The number of aromatic amines is 1. The lowest BCUT2D eigenvalue weighted by atomic mass is 10.0. The molecule has 0 saturated carbocycles. The SMILES string of the molecule is C=C(C)C(=O)OCCCc1nc2c(NC)c(C(=O)CCCC)ccc2[nH]1. The molecule has 140 valence electrons. The second-order valence-electron chi connectivity index (χ2n) is 6.36. The number of nitrogens with zero attached hydrogens (tertiary/aromatic N) is 1. The lowest BCUT2D eigenvalue weighted by Crippen LogP contribution is -2.07. The van der Waals surface area contributed by atoms with Crippen LogP contribution in [0, 0.1) is 0 Å². The molecule has 2 N–H and O–H groups in total. The summed E-state index contributed by atoms with van der Waals surface area (Å²) in [4.78, 5) is 31.7. The van der Waals surface area contributed by atoms with Crippen molar-refractivity contribution in [3.8, 4) is 0 Å². The van der Waals surface area contributed by atoms with Gasteiger partial charge in [-0.15, -0.1) is 0 Å². The molecule has 0 saturated heterocycles. The van der Waals surface area contributed by atoms with E-state index in [9.17, 15) is 9.59 Å². The topological polar surface area (TPSA) is 84.1 Å². The Morgan fingerprint density at radius 1 is 1.31 bits per heavy atom. The van der Waals surface area contributed by atoms with Gasteiger partial charge in [0.15, 0.2) is 5.78 Å². The van der Waals surface area contributed by atoms with E-state index in [-0.39, 0.29) is 11.8 Å². The summed E-state index contributed by atoms with van der Waals surface area (Å²) in [5.74, 6) is 0.567. The van der Waals surface area contributed by atoms with Gasteiger partial charge in [0, 0.05) is 31.0 Å². The summed E-state index contributed by atoms with van der Waals surface area (Å²) in [6.07, 6.45) is 3.73. The predicted octanol–water partition coefficient (Wildman–Crippen LogP) is 4.03. The first-order valence-corrected chi connectivity index (χ1v) is 9.03. The molecule has 1 aromatic carbocycles. The van der Waals surface area contributed by atoms with Crippen LogP contribution in [0.25, 0.3) is 11.0 Å². The summed E-state index contributed by atoms with van der Waals surface area (Å²) in [6, 6.07) is 3.75. The number of esters is 1. The van der Waals surface area contributed by atoms with Crippen molar-refractivity contribution < 1.29 is 14.3 Å². The molecule has 0 aliphatic heterocycles. The fourth-order valence-corrected chi connectivity index (χ4v) is 2.73. The Hall–Kier alpha value is -2.63. The van der Waals surface area contributed by atoms with Gasteiger partial charge in [-0.05, 0) is 31.9 Å². The first-order valence-electron chi connectivity index (χ1n) is 9.03. The monoisotopic (exact) mass is 357 g/mol. The Bertz CT molecular complexity index is 808. The average molecular weight is 357 g/mol. The number of Topliss-reactive ketones (excluding diaryl/α,β-unsaturated/α-hetero) is 1. The highest BCUT2D eigenvalue weighted by Gasteiger charge is 2.16. The van der Waals surface area contributed by atoms with Gasteiger partial charge in [-0.1, -0.05) is 19.9 Å². The van der Waals surface area contributed by atoms with Crippen LogP contribution in [0.5, 0.6) is 0 Å². The van der Waals surface area contributed by atoms with Crippen LogP contribution in [-0.4, -0.2) is 35.4 Å². The maximum atomic E-state index is 12.4. The van der Waals surface area contributed by atoms with E-state index in [4.69, 9.17) is 4.74 Å². The first kappa shape index (κ1) is 19.7. The molecule has 2 aromatic rings. The lowest BCUT2D eigenvalue weighted by Gasteiger charge is -2.08. The molecular weight excluding hydrogens is 330 g/mol. The van der Waals surface area contributed by atoms with Gasteiger partial charge in [-0.25, -0.2) is 9.78 Å². The molecule has 2 rings (SSSR count). The Kier molecular flexibility index (Phi) is 6.95. The number of imidazole rings is 1. The van der Waals surface area contributed by atoms with E-state index in [1.807, 2.05) is 12.1 Å². The number of rotatable bonds is 10. The number of hydrogen-bond donors (Lipinski definition) is 2. The minimum absolute atomic E-state index is 0.134. The van der Waals surface area contributed by atoms with Gasteiger partial charge in [0.1, 0.15) is 11.3 Å². The van der Waals surface area contributed by atoms with Crippen LogP contribution >= 0.6 is 0 Å². The number of benzene rings is 1. The molecule has 0 amide bonds. The Labute approximate surface area is 154 Å². The molecule has 0 bridgehead atoms. The second-order valence-corrected chi connectivity index (χ2v) is 6.36. The van der Waals surface area contributed by atoms with Crippen molar-refractivity contribution in [2.75, 3.05) is 19.0 Å². The van der Waals surface area contributed by atoms with E-state index in [0.717, 1.165) is 35.4 Å². The van der Waals surface area contributed by atoms with Crippen LogP contribution in [-0.2, 0) is 16.0 Å². The van der Waals surface area contributed by atoms with Gasteiger partial charge in [-0.3, -0.25) is 4.79 Å². The Morgan fingerprint density at radius 3 is 2.73 bits per heavy atom. The predicted molar refractivity (Wildman–Crippen MR) is 104 cm³/mol. The molecule has 0 aliphatic rings. The number of H-pyrrole nitrogens is 1. The van der Waals surface area contributed by atoms with Crippen LogP contribution < -0.4 is 5.32 Å². The second kappa shape index (κ2) is 9.17. The van der Waals surface area contributed by atoms with Crippen molar-refractivity contribution in [2.24, 2.45) is 0 Å². The molecule has 0 spiro atoms. The van der Waals surface area contributed by atoms with E-state index in [1.54, 1.807) is 14.0 Å². The number of ketones is 1. The maximum absolute atomic E-state index is 12.4. The van der Waals surface area contributed by atoms with Gasteiger partial charge in [0.25, 0.3) is 0 Å². The quantitative estimate of drug-likeness (QED) is 0.290. The Balaban J connectivity index is 2.11. The van der Waals surface area contributed by atoms with Crippen molar-refractivity contribution in [2.45, 2.75) is 46.0 Å².